The van der Waals surface area contributed by atoms with Gasteiger partial charge in [-0.15, -0.1) is 11.6 Å². The number of alkyl halides is 1. The lowest BCUT2D eigenvalue weighted by atomic mass is 9.91. The molecular weight excluding hydrogens is 364 g/mol. The van der Waals surface area contributed by atoms with Gasteiger partial charge in [0, 0.05) is 10.4 Å². The third-order valence-electron chi connectivity index (χ3n) is 3.70. The molecule has 0 radical (unpaired) electrons. The summed E-state index contributed by atoms with van der Waals surface area (Å²) in [7, 11) is -2.84. The summed E-state index contributed by atoms with van der Waals surface area (Å²) < 4.78 is 29.7. The minimum Gasteiger partial charge on any atom is -0.494 e. The Bertz CT molecular complexity index is 530. The summed E-state index contributed by atoms with van der Waals surface area (Å²) in [5, 5.41) is 0. The number of hydrogen-bond donors (Lipinski definition) is 0. The Morgan fingerprint density at radius 1 is 1.35 bits per heavy atom. The van der Waals surface area contributed by atoms with Crippen LogP contribution >= 0.6 is 27.5 Å². The molecule has 0 amide bonds. The van der Waals surface area contributed by atoms with Crippen LogP contribution in [0, 0.1) is 11.8 Å². The number of benzene rings is 1. The van der Waals surface area contributed by atoms with E-state index in [9.17, 15) is 8.42 Å². The molecule has 1 heterocycles. The van der Waals surface area contributed by atoms with Gasteiger partial charge in [0.1, 0.15) is 5.75 Å². The molecule has 0 N–H and O–H groups in total. The normalized spacial score (nSPS) is 22.6. The molecule has 2 rings (SSSR count). The van der Waals surface area contributed by atoms with E-state index < -0.39 is 9.84 Å². The van der Waals surface area contributed by atoms with Crippen LogP contribution in [0.5, 0.6) is 5.75 Å². The number of ether oxygens (including phenoxy) is 1. The zero-order valence-electron chi connectivity index (χ0n) is 11.1. The first-order valence-corrected chi connectivity index (χ1v) is 9.80. The van der Waals surface area contributed by atoms with E-state index >= 15 is 0 Å². The number of hydrogen-bond acceptors (Lipinski definition) is 3. The van der Waals surface area contributed by atoms with Crippen molar-refractivity contribution in [2.24, 2.45) is 11.8 Å². The molecule has 0 bridgehead atoms. The van der Waals surface area contributed by atoms with Crippen molar-refractivity contribution < 1.29 is 13.2 Å². The highest BCUT2D eigenvalue weighted by Crippen LogP contribution is 2.29. The van der Waals surface area contributed by atoms with E-state index in [4.69, 9.17) is 16.3 Å². The lowest BCUT2D eigenvalue weighted by molar-refractivity contribution is 0.256. The molecule has 0 spiro atoms. The van der Waals surface area contributed by atoms with Crippen molar-refractivity contribution in [3.8, 4) is 5.75 Å². The fourth-order valence-electron chi connectivity index (χ4n) is 2.49. The molecule has 0 aromatic heterocycles. The van der Waals surface area contributed by atoms with Crippen molar-refractivity contribution in [2.75, 3.05) is 24.0 Å². The second-order valence-corrected chi connectivity index (χ2v) is 8.62. The highest BCUT2D eigenvalue weighted by atomic mass is 79.9. The van der Waals surface area contributed by atoms with Crippen molar-refractivity contribution in [1.82, 2.24) is 0 Å². The standard InChI is InChI=1S/C14H18BrClO3S/c15-13-1-3-14(4-2-13)19-7-5-11(9-16)12-6-8-20(17,18)10-12/h1-4,11-12H,5-10H2. The summed E-state index contributed by atoms with van der Waals surface area (Å²) in [5.74, 6) is 2.29. The first-order valence-electron chi connectivity index (χ1n) is 6.65. The Morgan fingerprint density at radius 2 is 2.05 bits per heavy atom. The lowest BCUT2D eigenvalue weighted by Gasteiger charge is -2.20. The molecule has 1 aliphatic rings. The lowest BCUT2D eigenvalue weighted by Crippen LogP contribution is -2.20. The molecule has 1 aromatic carbocycles. The number of rotatable bonds is 6. The summed E-state index contributed by atoms with van der Waals surface area (Å²) in [6.45, 7) is 0.565. The van der Waals surface area contributed by atoms with Gasteiger partial charge in [0.25, 0.3) is 0 Å². The van der Waals surface area contributed by atoms with Gasteiger partial charge in [-0.3, -0.25) is 0 Å². The van der Waals surface area contributed by atoms with Gasteiger partial charge in [0.05, 0.1) is 18.1 Å². The summed E-state index contributed by atoms with van der Waals surface area (Å²) in [6.07, 6.45) is 1.53. The van der Waals surface area contributed by atoms with Crippen LogP contribution in [-0.4, -0.2) is 32.4 Å². The molecule has 112 valence electrons. The third-order valence-corrected chi connectivity index (χ3v) is 6.42. The Hall–Kier alpha value is -0.260. The van der Waals surface area contributed by atoms with E-state index in [1.54, 1.807) is 0 Å². The van der Waals surface area contributed by atoms with Crippen molar-refractivity contribution in [3.63, 3.8) is 0 Å². The first-order chi connectivity index (χ1) is 9.50. The maximum Gasteiger partial charge on any atom is 0.150 e. The van der Waals surface area contributed by atoms with E-state index in [1.807, 2.05) is 24.3 Å². The zero-order chi connectivity index (χ0) is 14.6. The molecule has 1 fully saturated rings. The molecular formula is C14H18BrClO3S. The van der Waals surface area contributed by atoms with Gasteiger partial charge in [-0.25, -0.2) is 8.42 Å². The minimum atomic E-state index is -2.84. The molecule has 1 aromatic rings. The van der Waals surface area contributed by atoms with E-state index in [1.165, 1.54) is 0 Å². The van der Waals surface area contributed by atoms with Crippen LogP contribution in [-0.2, 0) is 9.84 Å². The number of sulfone groups is 1. The Kier molecular flexibility index (Phi) is 5.75. The van der Waals surface area contributed by atoms with Crippen LogP contribution in [0.15, 0.2) is 28.7 Å². The van der Waals surface area contributed by atoms with Gasteiger partial charge in [0.15, 0.2) is 9.84 Å². The summed E-state index contributed by atoms with van der Waals surface area (Å²) >= 11 is 9.36. The summed E-state index contributed by atoms with van der Waals surface area (Å²) in [4.78, 5) is 0. The Morgan fingerprint density at radius 3 is 2.60 bits per heavy atom. The SMILES string of the molecule is O=S1(=O)CCC(C(CCl)CCOc2ccc(Br)cc2)C1. The van der Waals surface area contributed by atoms with Gasteiger partial charge < -0.3 is 4.74 Å². The average Bonchev–Trinajstić information content (AvgIpc) is 2.77. The molecule has 1 saturated heterocycles. The molecule has 1 aliphatic heterocycles. The Balaban J connectivity index is 1.81. The second kappa shape index (κ2) is 7.14. The summed E-state index contributed by atoms with van der Waals surface area (Å²) in [5.41, 5.74) is 0. The van der Waals surface area contributed by atoms with Crippen LogP contribution in [0.3, 0.4) is 0 Å². The van der Waals surface area contributed by atoms with E-state index in [2.05, 4.69) is 15.9 Å². The van der Waals surface area contributed by atoms with Crippen molar-refractivity contribution >= 4 is 37.4 Å². The van der Waals surface area contributed by atoms with Crippen LogP contribution in [0.25, 0.3) is 0 Å². The largest absolute Gasteiger partial charge is 0.494 e. The molecule has 3 nitrogen and oxygen atoms in total. The van der Waals surface area contributed by atoms with E-state index in [0.29, 0.717) is 18.2 Å². The maximum atomic E-state index is 11.5. The van der Waals surface area contributed by atoms with Gasteiger partial charge >= 0.3 is 0 Å². The van der Waals surface area contributed by atoms with Gasteiger partial charge in [-0.05, 0) is 48.9 Å². The van der Waals surface area contributed by atoms with E-state index in [0.717, 1.165) is 23.1 Å². The second-order valence-electron chi connectivity index (χ2n) is 5.17. The topological polar surface area (TPSA) is 43.4 Å². The van der Waals surface area contributed by atoms with E-state index in [-0.39, 0.29) is 17.6 Å². The molecule has 20 heavy (non-hydrogen) atoms. The quantitative estimate of drug-likeness (QED) is 0.708. The number of halogens is 2. The van der Waals surface area contributed by atoms with Crippen LogP contribution in [0.2, 0.25) is 0 Å². The third kappa shape index (κ3) is 4.64. The van der Waals surface area contributed by atoms with Crippen molar-refractivity contribution in [1.29, 1.82) is 0 Å². The molecule has 0 aliphatic carbocycles. The fraction of sp³-hybridized carbons (Fsp3) is 0.571. The van der Waals surface area contributed by atoms with Gasteiger partial charge in [-0.2, -0.15) is 0 Å². The molecule has 2 unspecified atom stereocenters. The molecule has 6 heteroatoms. The van der Waals surface area contributed by atoms with Gasteiger partial charge in [-0.1, -0.05) is 15.9 Å². The van der Waals surface area contributed by atoms with Gasteiger partial charge in [0.2, 0.25) is 0 Å². The zero-order valence-corrected chi connectivity index (χ0v) is 14.3. The smallest absolute Gasteiger partial charge is 0.150 e. The Labute approximate surface area is 133 Å². The predicted octanol–water partition coefficient (Wildman–Crippen LogP) is 3.51. The predicted molar refractivity (Wildman–Crippen MR) is 85.2 cm³/mol. The fourth-order valence-corrected chi connectivity index (χ4v) is 5.08. The first kappa shape index (κ1) is 16.1. The highest BCUT2D eigenvalue weighted by molar-refractivity contribution is 9.10. The average molecular weight is 382 g/mol. The summed E-state index contributed by atoms with van der Waals surface area (Å²) in [6, 6.07) is 7.66. The molecule has 0 saturated carbocycles. The van der Waals surface area contributed by atoms with Crippen molar-refractivity contribution in [3.05, 3.63) is 28.7 Å². The monoisotopic (exact) mass is 380 g/mol. The van der Waals surface area contributed by atoms with Crippen LogP contribution in [0.4, 0.5) is 0 Å². The van der Waals surface area contributed by atoms with Crippen LogP contribution < -0.4 is 4.74 Å². The molecule has 2 atom stereocenters. The minimum absolute atomic E-state index is 0.186. The van der Waals surface area contributed by atoms with Crippen LogP contribution in [0.1, 0.15) is 12.8 Å². The van der Waals surface area contributed by atoms with Crippen molar-refractivity contribution in [2.45, 2.75) is 12.8 Å². The maximum absolute atomic E-state index is 11.5. The highest BCUT2D eigenvalue weighted by Gasteiger charge is 2.33.